The quantitative estimate of drug-likeness (QED) is 0.662. The maximum absolute atomic E-state index is 8.78. The van der Waals surface area contributed by atoms with Gasteiger partial charge < -0.3 is 19.4 Å². The zero-order valence-electron chi connectivity index (χ0n) is 13.8. The molecule has 3 aromatic rings. The van der Waals surface area contributed by atoms with E-state index in [1.54, 1.807) is 12.1 Å². The van der Waals surface area contributed by atoms with Crippen molar-refractivity contribution in [1.29, 1.82) is 0 Å². The summed E-state index contributed by atoms with van der Waals surface area (Å²) in [5.41, 5.74) is 2.87. The summed E-state index contributed by atoms with van der Waals surface area (Å²) < 4.78 is 10.8. The summed E-state index contributed by atoms with van der Waals surface area (Å²) in [5.74, 6) is 1.19. The van der Waals surface area contributed by atoms with Crippen LogP contribution < -0.4 is 9.39 Å². The normalized spacial score (nSPS) is 10.2. The maximum Gasteiger partial charge on any atom is 0.707 e. The van der Waals surface area contributed by atoms with Gasteiger partial charge in [-0.1, -0.05) is 31.2 Å². The first-order chi connectivity index (χ1) is 11.7. The SMILES string of the molecule is CCc1cc(OCc2ccc(OB(O)O)cc2)c2ccccc2n1.Cl. The van der Waals surface area contributed by atoms with Crippen molar-refractivity contribution in [2.24, 2.45) is 0 Å². The highest BCUT2D eigenvalue weighted by Crippen LogP contribution is 2.26. The minimum atomic E-state index is -1.82. The lowest BCUT2D eigenvalue weighted by atomic mass is 10.1. The number of pyridine rings is 1. The number of hydrogen-bond donors (Lipinski definition) is 2. The van der Waals surface area contributed by atoms with Crippen molar-refractivity contribution in [3.8, 4) is 11.5 Å². The van der Waals surface area contributed by atoms with Crippen molar-refractivity contribution in [3.63, 3.8) is 0 Å². The molecule has 0 aliphatic heterocycles. The van der Waals surface area contributed by atoms with Gasteiger partial charge in [0.1, 0.15) is 18.1 Å². The minimum absolute atomic E-state index is 0. The highest BCUT2D eigenvalue weighted by molar-refractivity contribution is 6.33. The lowest BCUT2D eigenvalue weighted by Gasteiger charge is -2.11. The van der Waals surface area contributed by atoms with Gasteiger partial charge in [-0.05, 0) is 36.2 Å². The average molecular weight is 360 g/mol. The third kappa shape index (κ3) is 4.86. The second kappa shape index (κ2) is 8.71. The molecule has 1 heterocycles. The van der Waals surface area contributed by atoms with Gasteiger partial charge in [0.2, 0.25) is 0 Å². The predicted octanol–water partition coefficient (Wildman–Crippen LogP) is 3.15. The Morgan fingerprint density at radius 3 is 2.44 bits per heavy atom. The summed E-state index contributed by atoms with van der Waals surface area (Å²) >= 11 is 0. The Morgan fingerprint density at radius 1 is 1.04 bits per heavy atom. The number of ether oxygens (including phenoxy) is 1. The van der Waals surface area contributed by atoms with Crippen LogP contribution in [0.2, 0.25) is 0 Å². The van der Waals surface area contributed by atoms with Crippen molar-refractivity contribution in [1.82, 2.24) is 4.98 Å². The molecule has 7 heteroatoms. The van der Waals surface area contributed by atoms with Crippen LogP contribution in [0.3, 0.4) is 0 Å². The summed E-state index contributed by atoms with van der Waals surface area (Å²) in [7, 11) is -1.82. The Balaban J connectivity index is 0.00000225. The van der Waals surface area contributed by atoms with Crippen LogP contribution in [0.1, 0.15) is 18.2 Å². The number of aryl methyl sites for hydroxylation is 1. The zero-order chi connectivity index (χ0) is 16.9. The molecule has 0 bridgehead atoms. The highest BCUT2D eigenvalue weighted by atomic mass is 35.5. The molecule has 0 unspecified atom stereocenters. The van der Waals surface area contributed by atoms with E-state index in [0.29, 0.717) is 12.4 Å². The average Bonchev–Trinajstić information content (AvgIpc) is 2.60. The van der Waals surface area contributed by atoms with E-state index in [4.69, 9.17) is 19.4 Å². The molecule has 2 aromatic carbocycles. The molecule has 0 saturated carbocycles. The lowest BCUT2D eigenvalue weighted by Crippen LogP contribution is -2.20. The number of rotatable bonds is 6. The number of halogens is 1. The summed E-state index contributed by atoms with van der Waals surface area (Å²) in [4.78, 5) is 4.60. The molecule has 5 nitrogen and oxygen atoms in total. The van der Waals surface area contributed by atoms with Crippen LogP contribution in [0.15, 0.2) is 54.6 Å². The van der Waals surface area contributed by atoms with Gasteiger partial charge in [0.15, 0.2) is 0 Å². The second-order valence-corrected chi connectivity index (χ2v) is 5.36. The molecule has 1 aromatic heterocycles. The van der Waals surface area contributed by atoms with E-state index < -0.39 is 7.32 Å². The molecule has 130 valence electrons. The first-order valence-electron chi connectivity index (χ1n) is 7.79. The van der Waals surface area contributed by atoms with Crippen LogP contribution in [0.25, 0.3) is 10.9 Å². The Hall–Kier alpha value is -2.28. The van der Waals surface area contributed by atoms with Crippen LogP contribution in [-0.2, 0) is 13.0 Å². The molecule has 0 fully saturated rings. The first kappa shape index (κ1) is 19.1. The van der Waals surface area contributed by atoms with Gasteiger partial charge in [-0.2, -0.15) is 0 Å². The topological polar surface area (TPSA) is 71.8 Å². The Bertz CT molecular complexity index is 827. The van der Waals surface area contributed by atoms with Gasteiger partial charge >= 0.3 is 7.32 Å². The number of para-hydroxylation sites is 1. The van der Waals surface area contributed by atoms with E-state index in [0.717, 1.165) is 34.3 Å². The highest BCUT2D eigenvalue weighted by Gasteiger charge is 2.11. The van der Waals surface area contributed by atoms with Gasteiger partial charge in [0.25, 0.3) is 0 Å². The van der Waals surface area contributed by atoms with E-state index >= 15 is 0 Å². The number of hydrogen-bond acceptors (Lipinski definition) is 5. The third-order valence-corrected chi connectivity index (χ3v) is 3.65. The van der Waals surface area contributed by atoms with E-state index in [1.807, 2.05) is 42.5 Å². The molecule has 0 saturated heterocycles. The standard InChI is InChI=1S/C18H18BNO4.ClH/c1-2-14-11-18(16-5-3-4-6-17(16)20-14)23-12-13-7-9-15(10-8-13)24-19(21)22;/h3-11,21-22H,2,12H2,1H3;1H. The van der Waals surface area contributed by atoms with E-state index in [-0.39, 0.29) is 12.4 Å². The van der Waals surface area contributed by atoms with Crippen molar-refractivity contribution < 1.29 is 19.4 Å². The third-order valence-electron chi connectivity index (χ3n) is 3.65. The Labute approximate surface area is 152 Å². The molecule has 2 N–H and O–H groups in total. The summed E-state index contributed by atoms with van der Waals surface area (Å²) in [6, 6.07) is 16.9. The molecule has 0 aliphatic rings. The van der Waals surface area contributed by atoms with E-state index in [1.165, 1.54) is 0 Å². The minimum Gasteiger partial charge on any atom is -0.512 e. The van der Waals surface area contributed by atoms with Crippen molar-refractivity contribution in [2.75, 3.05) is 0 Å². The summed E-state index contributed by atoms with van der Waals surface area (Å²) in [5, 5.41) is 18.5. The van der Waals surface area contributed by atoms with Gasteiger partial charge in [-0.3, -0.25) is 4.98 Å². The predicted molar refractivity (Wildman–Crippen MR) is 100.0 cm³/mol. The Kier molecular flexibility index (Phi) is 6.64. The molecule has 3 rings (SSSR count). The number of fused-ring (bicyclic) bond motifs is 1. The fraction of sp³-hybridized carbons (Fsp3) is 0.167. The van der Waals surface area contributed by atoms with Gasteiger partial charge in [0, 0.05) is 17.1 Å². The number of aromatic nitrogens is 1. The molecule has 0 radical (unpaired) electrons. The van der Waals surface area contributed by atoms with Crippen LogP contribution in [0.5, 0.6) is 11.5 Å². The molecule has 0 aliphatic carbocycles. The Morgan fingerprint density at radius 2 is 1.76 bits per heavy atom. The molecule has 0 atom stereocenters. The van der Waals surface area contributed by atoms with Crippen molar-refractivity contribution >= 4 is 30.6 Å². The van der Waals surface area contributed by atoms with E-state index in [2.05, 4.69) is 11.9 Å². The van der Waals surface area contributed by atoms with Crippen LogP contribution in [-0.4, -0.2) is 22.4 Å². The van der Waals surface area contributed by atoms with Crippen LogP contribution in [0, 0.1) is 0 Å². The van der Waals surface area contributed by atoms with Gasteiger partial charge in [-0.25, -0.2) is 0 Å². The smallest absolute Gasteiger partial charge is 0.512 e. The fourth-order valence-electron chi connectivity index (χ4n) is 2.44. The van der Waals surface area contributed by atoms with Crippen molar-refractivity contribution in [3.05, 3.63) is 65.9 Å². The largest absolute Gasteiger partial charge is 0.707 e. The van der Waals surface area contributed by atoms with Crippen molar-refractivity contribution in [2.45, 2.75) is 20.0 Å². The summed E-state index contributed by atoms with van der Waals surface area (Å²) in [6.45, 7) is 2.47. The van der Waals surface area contributed by atoms with Crippen LogP contribution >= 0.6 is 12.4 Å². The fourth-order valence-corrected chi connectivity index (χ4v) is 2.44. The first-order valence-corrected chi connectivity index (χ1v) is 7.79. The van der Waals surface area contributed by atoms with Crippen LogP contribution in [0.4, 0.5) is 0 Å². The second-order valence-electron chi connectivity index (χ2n) is 5.36. The van der Waals surface area contributed by atoms with Gasteiger partial charge in [-0.15, -0.1) is 12.4 Å². The maximum atomic E-state index is 8.78. The zero-order valence-corrected chi connectivity index (χ0v) is 14.6. The van der Waals surface area contributed by atoms with E-state index in [9.17, 15) is 0 Å². The number of benzene rings is 2. The molecule has 0 spiro atoms. The molecule has 0 amide bonds. The number of nitrogens with zero attached hydrogens (tertiary/aromatic N) is 1. The monoisotopic (exact) mass is 359 g/mol. The molecular formula is C18H19BClNO4. The molecular weight excluding hydrogens is 340 g/mol. The molecule has 25 heavy (non-hydrogen) atoms. The summed E-state index contributed by atoms with van der Waals surface area (Å²) in [6.07, 6.45) is 0.844. The van der Waals surface area contributed by atoms with Gasteiger partial charge in [0.05, 0.1) is 5.52 Å². The lowest BCUT2D eigenvalue weighted by molar-refractivity contribution is 0.287.